The number of rotatable bonds is 2. The van der Waals surface area contributed by atoms with Crippen molar-refractivity contribution < 1.29 is 0 Å². The molecule has 4 rings (SSSR count). The monoisotopic (exact) mass is 343 g/mol. The van der Waals surface area contributed by atoms with Crippen molar-refractivity contribution in [2.75, 3.05) is 0 Å². The first-order valence-electron chi connectivity index (χ1n) is 8.29. The van der Waals surface area contributed by atoms with E-state index in [9.17, 15) is 9.59 Å². The third-order valence-corrected chi connectivity index (χ3v) is 4.62. The quantitative estimate of drug-likeness (QED) is 0.562. The van der Waals surface area contributed by atoms with Gasteiger partial charge in [0, 0.05) is 31.4 Å². The standard InChI is InChI=1S/C21H17N3O2/c1-23-19-18(20(25)24(2)21(23)26)17(15-11-7-4-8-12-15)16(13-22-19)14-9-5-3-6-10-14/h3-13H,1-2H3. The van der Waals surface area contributed by atoms with Crippen LogP contribution in [-0.2, 0) is 14.1 Å². The SMILES string of the molecule is Cn1c(=O)c2c(-c3ccccc3)c(-c3ccccc3)cnc2n(C)c1=O. The summed E-state index contributed by atoms with van der Waals surface area (Å²) in [6.45, 7) is 0. The molecule has 0 amide bonds. The van der Waals surface area contributed by atoms with Crippen molar-refractivity contribution in [3.05, 3.63) is 87.7 Å². The molecule has 2 aromatic heterocycles. The van der Waals surface area contributed by atoms with Crippen molar-refractivity contribution >= 4 is 11.0 Å². The Morgan fingerprint density at radius 3 is 1.96 bits per heavy atom. The predicted molar refractivity (Wildman–Crippen MR) is 103 cm³/mol. The van der Waals surface area contributed by atoms with Gasteiger partial charge >= 0.3 is 5.69 Å². The number of aryl methyl sites for hydroxylation is 1. The number of benzene rings is 2. The van der Waals surface area contributed by atoms with Gasteiger partial charge in [0.1, 0.15) is 5.65 Å². The number of pyridine rings is 1. The lowest BCUT2D eigenvalue weighted by atomic mass is 9.94. The van der Waals surface area contributed by atoms with Crippen LogP contribution in [0, 0.1) is 0 Å². The van der Waals surface area contributed by atoms with Gasteiger partial charge in [-0.25, -0.2) is 9.78 Å². The molecular weight excluding hydrogens is 326 g/mol. The molecule has 26 heavy (non-hydrogen) atoms. The summed E-state index contributed by atoms with van der Waals surface area (Å²) in [5, 5.41) is 0.446. The summed E-state index contributed by atoms with van der Waals surface area (Å²) in [4.78, 5) is 29.7. The van der Waals surface area contributed by atoms with E-state index in [-0.39, 0.29) is 11.2 Å². The highest BCUT2D eigenvalue weighted by atomic mass is 16.2. The van der Waals surface area contributed by atoms with E-state index in [1.54, 1.807) is 13.2 Å². The van der Waals surface area contributed by atoms with E-state index in [0.29, 0.717) is 11.0 Å². The lowest BCUT2D eigenvalue weighted by Crippen LogP contribution is -2.37. The molecule has 0 saturated heterocycles. The molecule has 0 radical (unpaired) electrons. The molecule has 5 nitrogen and oxygen atoms in total. The van der Waals surface area contributed by atoms with E-state index in [0.717, 1.165) is 26.8 Å². The lowest BCUT2D eigenvalue weighted by Gasteiger charge is -2.15. The van der Waals surface area contributed by atoms with Crippen LogP contribution in [0.1, 0.15) is 0 Å². The molecule has 4 aromatic rings. The Hall–Kier alpha value is -3.47. The number of nitrogens with zero attached hydrogens (tertiary/aromatic N) is 3. The summed E-state index contributed by atoms with van der Waals surface area (Å²) in [5.74, 6) is 0. The van der Waals surface area contributed by atoms with E-state index >= 15 is 0 Å². The summed E-state index contributed by atoms with van der Waals surface area (Å²) in [7, 11) is 3.13. The minimum Gasteiger partial charge on any atom is -0.280 e. The second-order valence-electron chi connectivity index (χ2n) is 6.18. The molecule has 0 aliphatic heterocycles. The zero-order valence-corrected chi connectivity index (χ0v) is 14.5. The predicted octanol–water partition coefficient (Wildman–Crippen LogP) is 2.97. The number of hydrogen-bond acceptors (Lipinski definition) is 3. The molecule has 2 aromatic carbocycles. The van der Waals surface area contributed by atoms with Gasteiger partial charge in [0.15, 0.2) is 0 Å². The Bertz CT molecular complexity index is 1220. The Labute approximate surface area is 149 Å². The summed E-state index contributed by atoms with van der Waals surface area (Å²) >= 11 is 0. The molecule has 0 fully saturated rings. The van der Waals surface area contributed by atoms with Gasteiger partial charge in [-0.1, -0.05) is 60.7 Å². The largest absolute Gasteiger partial charge is 0.332 e. The maximum absolute atomic E-state index is 13.0. The maximum Gasteiger partial charge on any atom is 0.332 e. The average molecular weight is 343 g/mol. The van der Waals surface area contributed by atoms with Gasteiger partial charge in [-0.2, -0.15) is 0 Å². The van der Waals surface area contributed by atoms with E-state index in [4.69, 9.17) is 0 Å². The highest BCUT2D eigenvalue weighted by Gasteiger charge is 2.19. The van der Waals surface area contributed by atoms with Crippen LogP contribution in [-0.4, -0.2) is 14.1 Å². The minimum absolute atomic E-state index is 0.341. The fourth-order valence-electron chi connectivity index (χ4n) is 3.27. The molecular formula is C21H17N3O2. The van der Waals surface area contributed by atoms with Crippen LogP contribution >= 0.6 is 0 Å². The van der Waals surface area contributed by atoms with Crippen LogP contribution in [0.2, 0.25) is 0 Å². The van der Waals surface area contributed by atoms with Crippen LogP contribution in [0.25, 0.3) is 33.3 Å². The summed E-state index contributed by atoms with van der Waals surface area (Å²) in [6, 6.07) is 19.6. The first-order valence-corrected chi connectivity index (χ1v) is 8.29. The molecule has 0 N–H and O–H groups in total. The topological polar surface area (TPSA) is 56.9 Å². The smallest absolute Gasteiger partial charge is 0.280 e. The van der Waals surface area contributed by atoms with Crippen molar-refractivity contribution in [1.82, 2.24) is 14.1 Å². The number of fused-ring (bicyclic) bond motifs is 1. The van der Waals surface area contributed by atoms with Crippen molar-refractivity contribution in [2.24, 2.45) is 14.1 Å². The van der Waals surface area contributed by atoms with Crippen molar-refractivity contribution in [2.45, 2.75) is 0 Å². The second-order valence-corrected chi connectivity index (χ2v) is 6.18. The molecule has 0 spiro atoms. The molecule has 0 aliphatic rings. The van der Waals surface area contributed by atoms with E-state index in [1.807, 2.05) is 60.7 Å². The van der Waals surface area contributed by atoms with Crippen LogP contribution < -0.4 is 11.2 Å². The van der Waals surface area contributed by atoms with Crippen LogP contribution in [0.15, 0.2) is 76.4 Å². The van der Waals surface area contributed by atoms with Crippen LogP contribution in [0.5, 0.6) is 0 Å². The average Bonchev–Trinajstić information content (AvgIpc) is 2.71. The van der Waals surface area contributed by atoms with Crippen molar-refractivity contribution in [3.63, 3.8) is 0 Å². The van der Waals surface area contributed by atoms with Crippen LogP contribution in [0.3, 0.4) is 0 Å². The fraction of sp³-hybridized carbons (Fsp3) is 0.0952. The zero-order chi connectivity index (χ0) is 18.3. The molecule has 0 atom stereocenters. The van der Waals surface area contributed by atoms with E-state index in [1.165, 1.54) is 11.6 Å². The fourth-order valence-corrected chi connectivity index (χ4v) is 3.27. The maximum atomic E-state index is 13.0. The number of aromatic nitrogens is 3. The Kier molecular flexibility index (Phi) is 3.77. The second kappa shape index (κ2) is 6.11. The Morgan fingerprint density at radius 1 is 0.769 bits per heavy atom. The highest BCUT2D eigenvalue weighted by Crippen LogP contribution is 2.35. The van der Waals surface area contributed by atoms with Gasteiger partial charge in [-0.15, -0.1) is 0 Å². The first-order chi connectivity index (χ1) is 12.6. The summed E-state index contributed by atoms with van der Waals surface area (Å²) in [5.41, 5.74) is 3.19. The van der Waals surface area contributed by atoms with Crippen molar-refractivity contribution in [3.8, 4) is 22.3 Å². The van der Waals surface area contributed by atoms with E-state index < -0.39 is 0 Å². The third-order valence-electron chi connectivity index (χ3n) is 4.62. The van der Waals surface area contributed by atoms with Crippen LogP contribution in [0.4, 0.5) is 0 Å². The van der Waals surface area contributed by atoms with Gasteiger partial charge < -0.3 is 0 Å². The van der Waals surface area contributed by atoms with Gasteiger partial charge in [-0.05, 0) is 11.1 Å². The molecule has 5 heteroatoms. The summed E-state index contributed by atoms with van der Waals surface area (Å²) < 4.78 is 2.54. The molecule has 0 saturated carbocycles. The lowest BCUT2D eigenvalue weighted by molar-refractivity contribution is 0.708. The van der Waals surface area contributed by atoms with Crippen molar-refractivity contribution in [1.29, 1.82) is 0 Å². The first kappa shape index (κ1) is 16.0. The Morgan fingerprint density at radius 2 is 1.35 bits per heavy atom. The van der Waals surface area contributed by atoms with Gasteiger partial charge in [0.05, 0.1) is 5.39 Å². The molecule has 128 valence electrons. The molecule has 0 unspecified atom stereocenters. The van der Waals surface area contributed by atoms with Gasteiger partial charge in [0.2, 0.25) is 0 Å². The third kappa shape index (κ3) is 2.37. The van der Waals surface area contributed by atoms with Gasteiger partial charge in [0.25, 0.3) is 5.56 Å². The highest BCUT2D eigenvalue weighted by molar-refractivity contribution is 6.00. The Balaban J connectivity index is 2.25. The normalized spacial score (nSPS) is 11.0. The molecule has 0 aliphatic carbocycles. The van der Waals surface area contributed by atoms with E-state index in [2.05, 4.69) is 4.98 Å². The number of hydrogen-bond donors (Lipinski definition) is 0. The molecule has 0 bridgehead atoms. The zero-order valence-electron chi connectivity index (χ0n) is 14.5. The summed E-state index contributed by atoms with van der Waals surface area (Å²) in [6.07, 6.45) is 1.74. The minimum atomic E-state index is -0.388. The molecule has 2 heterocycles. The van der Waals surface area contributed by atoms with Gasteiger partial charge in [-0.3, -0.25) is 13.9 Å².